The summed E-state index contributed by atoms with van der Waals surface area (Å²) < 4.78 is 22.2. The summed E-state index contributed by atoms with van der Waals surface area (Å²) >= 11 is 0. The van der Waals surface area contributed by atoms with E-state index < -0.39 is 0 Å². The van der Waals surface area contributed by atoms with E-state index in [4.69, 9.17) is 28.9 Å². The number of hydrogen-bond acceptors (Lipinski definition) is 6. The van der Waals surface area contributed by atoms with Gasteiger partial charge in [-0.1, -0.05) is 0 Å². The summed E-state index contributed by atoms with van der Waals surface area (Å²) in [7, 11) is 6.66. The molecule has 0 atom stereocenters. The Balaban J connectivity index is 1.85. The molecule has 0 fully saturated rings. The lowest BCUT2D eigenvalue weighted by molar-refractivity contribution is 0.351. The number of rotatable bonds is 5. The predicted octanol–water partition coefficient (Wildman–Crippen LogP) is 3.11. The van der Waals surface area contributed by atoms with Gasteiger partial charge in [-0.3, -0.25) is 9.98 Å². The van der Waals surface area contributed by atoms with Crippen LogP contribution in [0.15, 0.2) is 34.3 Å². The lowest BCUT2D eigenvalue weighted by Crippen LogP contribution is -2.27. The Bertz CT molecular complexity index is 899. The van der Waals surface area contributed by atoms with E-state index in [0.29, 0.717) is 13.1 Å². The Morgan fingerprint density at radius 3 is 1.39 bits per heavy atom. The van der Waals surface area contributed by atoms with Crippen molar-refractivity contribution in [1.29, 1.82) is 0 Å². The molecule has 6 nitrogen and oxygen atoms in total. The molecular formula is C22H24N2O4. The van der Waals surface area contributed by atoms with Crippen LogP contribution in [0, 0.1) is 0 Å². The molecule has 6 heteroatoms. The van der Waals surface area contributed by atoms with E-state index in [1.165, 1.54) is 0 Å². The molecule has 0 bridgehead atoms. The highest BCUT2D eigenvalue weighted by atomic mass is 16.5. The molecule has 2 aliphatic heterocycles. The molecule has 0 aromatic heterocycles. The minimum Gasteiger partial charge on any atom is -0.493 e. The predicted molar refractivity (Wildman–Crippen MR) is 109 cm³/mol. The molecule has 28 heavy (non-hydrogen) atoms. The smallest absolute Gasteiger partial charge is 0.164 e. The van der Waals surface area contributed by atoms with Crippen molar-refractivity contribution in [3.8, 4) is 23.0 Å². The Morgan fingerprint density at radius 1 is 0.607 bits per heavy atom. The summed E-state index contributed by atoms with van der Waals surface area (Å²) in [5.41, 5.74) is 6.12. The van der Waals surface area contributed by atoms with Crippen molar-refractivity contribution in [3.05, 3.63) is 46.5 Å². The first-order valence-corrected chi connectivity index (χ1v) is 9.31. The summed E-state index contributed by atoms with van der Waals surface area (Å²) in [4.78, 5) is 9.68. The Labute approximate surface area is 164 Å². The third kappa shape index (κ3) is 2.80. The molecule has 0 N–H and O–H groups in total. The number of hydrogen-bond donors (Lipinski definition) is 0. The number of methoxy groups -OCH3 is 4. The van der Waals surface area contributed by atoms with Crippen LogP contribution in [0.3, 0.4) is 0 Å². The van der Waals surface area contributed by atoms with Crippen molar-refractivity contribution >= 4 is 11.4 Å². The van der Waals surface area contributed by atoms with E-state index in [-0.39, 0.29) is 0 Å². The Kier molecular flexibility index (Phi) is 4.94. The minimum absolute atomic E-state index is 0.688. The van der Waals surface area contributed by atoms with Gasteiger partial charge >= 0.3 is 0 Å². The van der Waals surface area contributed by atoms with E-state index in [1.54, 1.807) is 28.4 Å². The molecule has 2 aromatic carbocycles. The quantitative estimate of drug-likeness (QED) is 0.800. The van der Waals surface area contributed by atoms with Crippen LogP contribution in [-0.2, 0) is 12.8 Å². The van der Waals surface area contributed by atoms with Crippen molar-refractivity contribution in [3.63, 3.8) is 0 Å². The number of benzene rings is 2. The summed E-state index contributed by atoms with van der Waals surface area (Å²) in [6, 6.07) is 7.95. The van der Waals surface area contributed by atoms with Gasteiger partial charge in [-0.15, -0.1) is 0 Å². The third-order valence-corrected chi connectivity index (χ3v) is 5.29. The van der Waals surface area contributed by atoms with E-state index >= 15 is 0 Å². The maximum Gasteiger partial charge on any atom is 0.164 e. The molecule has 0 saturated carbocycles. The van der Waals surface area contributed by atoms with Crippen LogP contribution in [0.1, 0.15) is 22.3 Å². The van der Waals surface area contributed by atoms with Gasteiger partial charge in [-0.2, -0.15) is 0 Å². The van der Waals surface area contributed by atoms with Gasteiger partial charge in [0.2, 0.25) is 0 Å². The molecule has 0 unspecified atom stereocenters. The molecular weight excluding hydrogens is 356 g/mol. The molecule has 0 aliphatic carbocycles. The fraction of sp³-hybridized carbons (Fsp3) is 0.364. The summed E-state index contributed by atoms with van der Waals surface area (Å²) in [6.07, 6.45) is 1.62. The first kappa shape index (κ1) is 18.3. The molecule has 0 spiro atoms. The van der Waals surface area contributed by atoms with Crippen LogP contribution in [0.4, 0.5) is 0 Å². The van der Waals surface area contributed by atoms with Gasteiger partial charge in [-0.05, 0) is 37.1 Å². The van der Waals surface area contributed by atoms with E-state index in [0.717, 1.165) is 69.5 Å². The normalized spacial score (nSPS) is 15.0. The van der Waals surface area contributed by atoms with Crippen molar-refractivity contribution < 1.29 is 18.9 Å². The standard InChI is InChI=1S/C22H24N2O4/c1-25-17-7-5-13-15(21(17)27-3)9-11-23-19(13)20-14-6-8-18(26-2)22(28-4)16(14)10-12-24-20/h5-8H,9-12H2,1-4H3. The van der Waals surface area contributed by atoms with Gasteiger partial charge in [-0.25, -0.2) is 0 Å². The lowest BCUT2D eigenvalue weighted by atomic mass is 9.87. The fourth-order valence-electron chi connectivity index (χ4n) is 4.06. The van der Waals surface area contributed by atoms with E-state index in [1.807, 2.05) is 24.3 Å². The molecule has 0 radical (unpaired) electrons. The SMILES string of the molecule is COc1ccc2c(c1OC)CCN=C2C1=NCCc2c1ccc(OC)c2OC. The summed E-state index contributed by atoms with van der Waals surface area (Å²) in [5.74, 6) is 3.02. The molecule has 4 rings (SSSR count). The molecule has 0 saturated heterocycles. The number of ether oxygens (including phenoxy) is 4. The zero-order valence-electron chi connectivity index (χ0n) is 16.7. The van der Waals surface area contributed by atoms with Crippen molar-refractivity contribution in [2.75, 3.05) is 41.5 Å². The molecule has 146 valence electrons. The van der Waals surface area contributed by atoms with E-state index in [9.17, 15) is 0 Å². The second-order valence-corrected chi connectivity index (χ2v) is 6.62. The molecule has 2 aliphatic rings. The zero-order chi connectivity index (χ0) is 19.7. The highest BCUT2D eigenvalue weighted by molar-refractivity contribution is 6.54. The first-order valence-electron chi connectivity index (χ1n) is 9.31. The Morgan fingerprint density at radius 2 is 1.04 bits per heavy atom. The van der Waals surface area contributed by atoms with Crippen LogP contribution in [-0.4, -0.2) is 53.0 Å². The van der Waals surface area contributed by atoms with Crippen molar-refractivity contribution in [2.45, 2.75) is 12.8 Å². The fourth-order valence-corrected chi connectivity index (χ4v) is 4.06. The number of nitrogens with zero attached hydrogens (tertiary/aromatic N) is 2. The average molecular weight is 380 g/mol. The highest BCUT2D eigenvalue weighted by Crippen LogP contribution is 2.39. The average Bonchev–Trinajstić information content (AvgIpc) is 2.76. The lowest BCUT2D eigenvalue weighted by Gasteiger charge is -2.25. The molecule has 0 amide bonds. The second kappa shape index (κ2) is 7.54. The third-order valence-electron chi connectivity index (χ3n) is 5.29. The number of aliphatic imine (C=N–C) groups is 2. The van der Waals surface area contributed by atoms with E-state index in [2.05, 4.69) is 0 Å². The molecule has 2 heterocycles. The second-order valence-electron chi connectivity index (χ2n) is 6.62. The maximum absolute atomic E-state index is 5.65. The van der Waals surface area contributed by atoms with Crippen molar-refractivity contribution in [2.24, 2.45) is 9.98 Å². The minimum atomic E-state index is 0.688. The largest absolute Gasteiger partial charge is 0.493 e. The summed E-state index contributed by atoms with van der Waals surface area (Å²) in [5, 5.41) is 0. The van der Waals surface area contributed by atoms with Crippen molar-refractivity contribution in [1.82, 2.24) is 0 Å². The topological polar surface area (TPSA) is 61.6 Å². The van der Waals surface area contributed by atoms with Crippen LogP contribution in [0.2, 0.25) is 0 Å². The van der Waals surface area contributed by atoms with Crippen LogP contribution < -0.4 is 18.9 Å². The van der Waals surface area contributed by atoms with Gasteiger partial charge in [0.15, 0.2) is 23.0 Å². The number of fused-ring (bicyclic) bond motifs is 2. The van der Waals surface area contributed by atoms with Gasteiger partial charge in [0, 0.05) is 35.3 Å². The van der Waals surface area contributed by atoms with Gasteiger partial charge in [0.1, 0.15) is 0 Å². The zero-order valence-corrected chi connectivity index (χ0v) is 16.7. The van der Waals surface area contributed by atoms with Gasteiger partial charge in [0.05, 0.1) is 39.9 Å². The highest BCUT2D eigenvalue weighted by Gasteiger charge is 2.29. The molecule has 2 aromatic rings. The summed E-state index contributed by atoms with van der Waals surface area (Å²) in [6.45, 7) is 1.38. The van der Waals surface area contributed by atoms with Crippen LogP contribution in [0.25, 0.3) is 0 Å². The van der Waals surface area contributed by atoms with Gasteiger partial charge in [0.25, 0.3) is 0 Å². The van der Waals surface area contributed by atoms with Gasteiger partial charge < -0.3 is 18.9 Å². The van der Waals surface area contributed by atoms with Crippen LogP contribution in [0.5, 0.6) is 23.0 Å². The first-order chi connectivity index (χ1) is 13.7. The van der Waals surface area contributed by atoms with Crippen LogP contribution >= 0.6 is 0 Å². The Hall–Kier alpha value is -3.02. The monoisotopic (exact) mass is 380 g/mol. The maximum atomic E-state index is 5.65.